The van der Waals surface area contributed by atoms with E-state index in [2.05, 4.69) is 15.1 Å². The highest BCUT2D eigenvalue weighted by Gasteiger charge is 2.09. The third-order valence-electron chi connectivity index (χ3n) is 3.98. The van der Waals surface area contributed by atoms with Crippen molar-refractivity contribution in [3.05, 3.63) is 95.8 Å². The molecule has 0 amide bonds. The maximum absolute atomic E-state index is 13.7. The minimum absolute atomic E-state index is 0.123. The van der Waals surface area contributed by atoms with E-state index < -0.39 is 0 Å². The van der Waals surface area contributed by atoms with E-state index >= 15 is 0 Å². The number of nitrogens with zero attached hydrogens (tertiary/aromatic N) is 3. The van der Waals surface area contributed by atoms with Crippen molar-refractivity contribution in [1.29, 1.82) is 0 Å². The zero-order valence-electron chi connectivity index (χ0n) is 14.4. The molecule has 0 atom stereocenters. The van der Waals surface area contributed by atoms with E-state index in [1.54, 1.807) is 36.7 Å². The van der Waals surface area contributed by atoms with Crippen LogP contribution in [0.2, 0.25) is 0 Å². The van der Waals surface area contributed by atoms with Crippen molar-refractivity contribution in [3.8, 4) is 17.2 Å². The topological polar surface area (TPSA) is 61.0 Å². The fraction of sp³-hybridized carbons (Fsp3) is 0.0952. The Balaban J connectivity index is 1.44. The van der Waals surface area contributed by atoms with Crippen LogP contribution in [0.3, 0.4) is 0 Å². The summed E-state index contributed by atoms with van der Waals surface area (Å²) < 4.78 is 24.7. The summed E-state index contributed by atoms with van der Waals surface area (Å²) in [4.78, 5) is 8.53. The van der Waals surface area contributed by atoms with Gasteiger partial charge < -0.3 is 9.26 Å². The molecule has 3 heterocycles. The smallest absolute Gasteiger partial charge is 0.213 e. The Morgan fingerprint density at radius 1 is 0.963 bits per heavy atom. The van der Waals surface area contributed by atoms with Gasteiger partial charge in [-0.05, 0) is 24.3 Å². The van der Waals surface area contributed by atoms with Crippen molar-refractivity contribution < 1.29 is 13.7 Å². The van der Waals surface area contributed by atoms with Crippen LogP contribution >= 0.6 is 0 Å². The normalized spacial score (nSPS) is 10.7. The van der Waals surface area contributed by atoms with Gasteiger partial charge in [0.15, 0.2) is 5.76 Å². The van der Waals surface area contributed by atoms with Crippen LogP contribution in [0.25, 0.3) is 11.3 Å². The number of rotatable bonds is 6. The van der Waals surface area contributed by atoms with E-state index in [9.17, 15) is 4.39 Å². The highest BCUT2D eigenvalue weighted by atomic mass is 19.1. The van der Waals surface area contributed by atoms with Gasteiger partial charge in [-0.2, -0.15) is 0 Å². The maximum atomic E-state index is 13.7. The van der Waals surface area contributed by atoms with Gasteiger partial charge in [0.25, 0.3) is 0 Å². The van der Waals surface area contributed by atoms with Crippen molar-refractivity contribution in [2.45, 2.75) is 13.0 Å². The molecule has 0 aliphatic heterocycles. The van der Waals surface area contributed by atoms with E-state index in [1.165, 1.54) is 6.07 Å². The number of halogens is 1. The maximum Gasteiger partial charge on any atom is 0.213 e. The van der Waals surface area contributed by atoms with Crippen LogP contribution in [0, 0.1) is 5.82 Å². The second-order valence-corrected chi connectivity index (χ2v) is 5.95. The summed E-state index contributed by atoms with van der Waals surface area (Å²) in [5.74, 6) is 0.802. The Labute approximate surface area is 155 Å². The van der Waals surface area contributed by atoms with Crippen LogP contribution in [-0.4, -0.2) is 15.1 Å². The first-order valence-electron chi connectivity index (χ1n) is 8.46. The van der Waals surface area contributed by atoms with E-state index in [-0.39, 0.29) is 12.4 Å². The summed E-state index contributed by atoms with van der Waals surface area (Å²) in [6.07, 6.45) is 3.93. The highest BCUT2D eigenvalue weighted by molar-refractivity contribution is 5.55. The predicted octanol–water partition coefficient (Wildman–Crippen LogP) is 4.44. The Morgan fingerprint density at radius 2 is 1.89 bits per heavy atom. The summed E-state index contributed by atoms with van der Waals surface area (Å²) in [5, 5.41) is 4.09. The first-order chi connectivity index (χ1) is 13.3. The van der Waals surface area contributed by atoms with Gasteiger partial charge >= 0.3 is 0 Å². The lowest BCUT2D eigenvalue weighted by Gasteiger charge is -2.07. The molecule has 0 unspecified atom stereocenters. The minimum Gasteiger partial charge on any atom is -0.473 e. The van der Waals surface area contributed by atoms with Crippen LogP contribution in [0.1, 0.15) is 17.0 Å². The summed E-state index contributed by atoms with van der Waals surface area (Å²) in [6.45, 7) is 0.123. The zero-order valence-corrected chi connectivity index (χ0v) is 14.4. The SMILES string of the molecule is Fc1ccccc1COc1cccc(Cc2cc(-c3cccnc3)on2)n1. The summed E-state index contributed by atoms with van der Waals surface area (Å²) in [5.41, 5.74) is 2.90. The van der Waals surface area contributed by atoms with Crippen molar-refractivity contribution in [2.75, 3.05) is 0 Å². The van der Waals surface area contributed by atoms with Gasteiger partial charge in [0.1, 0.15) is 12.4 Å². The van der Waals surface area contributed by atoms with Crippen LogP contribution in [0.15, 0.2) is 77.6 Å². The second-order valence-electron chi connectivity index (χ2n) is 5.95. The van der Waals surface area contributed by atoms with E-state index in [0.29, 0.717) is 23.6 Å². The Hall–Kier alpha value is -3.54. The van der Waals surface area contributed by atoms with Gasteiger partial charge in [-0.25, -0.2) is 9.37 Å². The van der Waals surface area contributed by atoms with E-state index in [0.717, 1.165) is 17.0 Å². The molecular weight excluding hydrogens is 345 g/mol. The van der Waals surface area contributed by atoms with Gasteiger partial charge in [-0.1, -0.05) is 29.4 Å². The molecule has 0 saturated heterocycles. The zero-order chi connectivity index (χ0) is 18.5. The Bertz CT molecular complexity index is 1030. The Morgan fingerprint density at radius 3 is 2.74 bits per heavy atom. The van der Waals surface area contributed by atoms with Crippen molar-refractivity contribution in [2.24, 2.45) is 0 Å². The fourth-order valence-corrected chi connectivity index (χ4v) is 2.63. The molecule has 3 aromatic heterocycles. The first kappa shape index (κ1) is 16.9. The van der Waals surface area contributed by atoms with Gasteiger partial charge in [0, 0.05) is 42.1 Å². The molecule has 0 spiro atoms. The molecule has 0 fully saturated rings. The minimum atomic E-state index is -0.292. The van der Waals surface area contributed by atoms with E-state index in [1.807, 2.05) is 30.3 Å². The molecule has 4 aromatic rings. The molecule has 0 N–H and O–H groups in total. The number of hydrogen-bond acceptors (Lipinski definition) is 5. The number of hydrogen-bond donors (Lipinski definition) is 0. The van der Waals surface area contributed by atoms with Crippen LogP contribution in [0.5, 0.6) is 5.88 Å². The molecule has 5 nitrogen and oxygen atoms in total. The molecule has 6 heteroatoms. The van der Waals surface area contributed by atoms with Crippen molar-refractivity contribution >= 4 is 0 Å². The summed E-state index contributed by atoms with van der Waals surface area (Å²) in [7, 11) is 0. The number of benzene rings is 1. The summed E-state index contributed by atoms with van der Waals surface area (Å²) in [6, 6.07) is 17.6. The number of aromatic nitrogens is 3. The fourth-order valence-electron chi connectivity index (χ4n) is 2.63. The molecular formula is C21H16FN3O2. The van der Waals surface area contributed by atoms with Crippen molar-refractivity contribution in [3.63, 3.8) is 0 Å². The van der Waals surface area contributed by atoms with Gasteiger partial charge in [0.05, 0.1) is 11.4 Å². The van der Waals surface area contributed by atoms with Gasteiger partial charge in [-0.3, -0.25) is 4.98 Å². The van der Waals surface area contributed by atoms with Crippen LogP contribution in [0.4, 0.5) is 4.39 Å². The molecule has 0 bridgehead atoms. The van der Waals surface area contributed by atoms with Gasteiger partial charge in [0.2, 0.25) is 5.88 Å². The average molecular weight is 361 g/mol. The molecule has 27 heavy (non-hydrogen) atoms. The average Bonchev–Trinajstić information content (AvgIpc) is 3.17. The number of pyridine rings is 2. The lowest BCUT2D eigenvalue weighted by Crippen LogP contribution is -2.01. The third kappa shape index (κ3) is 4.17. The molecule has 134 valence electrons. The quantitative estimate of drug-likeness (QED) is 0.508. The second kappa shape index (κ2) is 7.78. The molecule has 4 rings (SSSR count). The molecule has 0 radical (unpaired) electrons. The molecule has 1 aromatic carbocycles. The summed E-state index contributed by atoms with van der Waals surface area (Å²) >= 11 is 0. The molecule has 0 saturated carbocycles. The highest BCUT2D eigenvalue weighted by Crippen LogP contribution is 2.21. The van der Waals surface area contributed by atoms with E-state index in [4.69, 9.17) is 9.26 Å². The monoisotopic (exact) mass is 361 g/mol. The number of ether oxygens (including phenoxy) is 1. The first-order valence-corrected chi connectivity index (χ1v) is 8.46. The van der Waals surface area contributed by atoms with Gasteiger partial charge in [-0.15, -0.1) is 0 Å². The Kier molecular flexibility index (Phi) is 4.87. The lowest BCUT2D eigenvalue weighted by molar-refractivity contribution is 0.287. The third-order valence-corrected chi connectivity index (χ3v) is 3.98. The largest absolute Gasteiger partial charge is 0.473 e. The van der Waals surface area contributed by atoms with Crippen LogP contribution < -0.4 is 4.74 Å². The standard InChI is InChI=1S/C21H16FN3O2/c22-19-8-2-1-5-16(19)14-26-21-9-3-7-17(24-21)11-18-12-20(27-25-18)15-6-4-10-23-13-15/h1-10,12-13H,11,14H2. The van der Waals surface area contributed by atoms with Crippen LogP contribution in [-0.2, 0) is 13.0 Å². The van der Waals surface area contributed by atoms with Crippen molar-refractivity contribution in [1.82, 2.24) is 15.1 Å². The molecule has 0 aliphatic carbocycles. The molecule has 0 aliphatic rings. The predicted molar refractivity (Wildman–Crippen MR) is 97.5 cm³/mol. The lowest BCUT2D eigenvalue weighted by atomic mass is 10.1.